The van der Waals surface area contributed by atoms with Crippen molar-refractivity contribution in [3.8, 4) is 17.2 Å². The molecule has 3 aromatic carbocycles. The van der Waals surface area contributed by atoms with Gasteiger partial charge in [-0.2, -0.15) is 0 Å². The summed E-state index contributed by atoms with van der Waals surface area (Å²) < 4.78 is 46.1. The molecule has 7 heteroatoms. The summed E-state index contributed by atoms with van der Waals surface area (Å²) in [5.41, 5.74) is 2.29. The highest BCUT2D eigenvalue weighted by Gasteiger charge is 2.32. The molecule has 3 aromatic rings. The smallest absolute Gasteiger partial charge is 0.167 e. The summed E-state index contributed by atoms with van der Waals surface area (Å²) in [6.07, 6.45) is 1.10. The van der Waals surface area contributed by atoms with Crippen LogP contribution in [0.15, 0.2) is 60.7 Å². The standard InChI is InChI=1S/C27H28F2N2O3/c1-3-12-30-15-22(16-30)34-26-11-7-20(14-23(26)29)31-24-10-6-19(28)13-27(24)33-17-25(31)18-4-8-21(32-2)9-5-18/h4-11,13-14,22,25H,3,12,15-17H2,1-2H3/t25-/m0/s1. The summed E-state index contributed by atoms with van der Waals surface area (Å²) in [4.78, 5) is 4.28. The van der Waals surface area contributed by atoms with Gasteiger partial charge in [0, 0.05) is 30.9 Å². The fourth-order valence-electron chi connectivity index (χ4n) is 4.61. The van der Waals surface area contributed by atoms with Gasteiger partial charge in [0.05, 0.1) is 18.8 Å². The van der Waals surface area contributed by atoms with E-state index in [1.54, 1.807) is 19.2 Å². The Balaban J connectivity index is 1.45. The first-order chi connectivity index (χ1) is 16.6. The second kappa shape index (κ2) is 9.50. The minimum atomic E-state index is -0.421. The number of likely N-dealkylation sites (tertiary alicyclic amines) is 1. The number of fused-ring (bicyclic) bond motifs is 1. The summed E-state index contributed by atoms with van der Waals surface area (Å²) in [5.74, 6) is 0.620. The number of methoxy groups -OCH3 is 1. The zero-order valence-corrected chi connectivity index (χ0v) is 19.3. The largest absolute Gasteiger partial charge is 0.497 e. The van der Waals surface area contributed by atoms with Gasteiger partial charge in [0.25, 0.3) is 0 Å². The number of benzene rings is 3. The predicted octanol–water partition coefficient (Wildman–Crippen LogP) is 5.72. The normalized spacial score (nSPS) is 18.1. The van der Waals surface area contributed by atoms with Gasteiger partial charge < -0.3 is 19.1 Å². The van der Waals surface area contributed by atoms with Crippen molar-refractivity contribution in [2.24, 2.45) is 0 Å². The topological polar surface area (TPSA) is 34.2 Å². The van der Waals surface area contributed by atoms with E-state index in [1.165, 1.54) is 18.2 Å². The Hall–Kier alpha value is -3.32. The first-order valence-electron chi connectivity index (χ1n) is 11.6. The number of hydrogen-bond donors (Lipinski definition) is 0. The van der Waals surface area contributed by atoms with E-state index in [0.29, 0.717) is 17.1 Å². The second-order valence-corrected chi connectivity index (χ2v) is 8.70. The zero-order valence-electron chi connectivity index (χ0n) is 19.3. The Morgan fingerprint density at radius 1 is 1.00 bits per heavy atom. The molecule has 0 amide bonds. The van der Waals surface area contributed by atoms with Gasteiger partial charge in [-0.3, -0.25) is 4.90 Å². The van der Waals surface area contributed by atoms with E-state index in [9.17, 15) is 4.39 Å². The first kappa shape index (κ1) is 22.5. The van der Waals surface area contributed by atoms with E-state index in [-0.39, 0.29) is 30.3 Å². The Labute approximate surface area is 198 Å². The minimum Gasteiger partial charge on any atom is -0.497 e. The molecular formula is C27H28F2N2O3. The predicted molar refractivity (Wildman–Crippen MR) is 127 cm³/mol. The summed E-state index contributed by atoms with van der Waals surface area (Å²) in [5, 5.41) is 0. The maximum atomic E-state index is 15.2. The molecule has 0 unspecified atom stereocenters. The average molecular weight is 467 g/mol. The van der Waals surface area contributed by atoms with Crippen LogP contribution in [0, 0.1) is 11.6 Å². The maximum absolute atomic E-state index is 15.2. The van der Waals surface area contributed by atoms with Gasteiger partial charge >= 0.3 is 0 Å². The van der Waals surface area contributed by atoms with E-state index in [4.69, 9.17) is 14.2 Å². The molecule has 0 aromatic heterocycles. The molecule has 2 aliphatic rings. The molecule has 5 rings (SSSR count). The third-order valence-electron chi connectivity index (χ3n) is 6.34. The van der Waals surface area contributed by atoms with Gasteiger partial charge in [0.15, 0.2) is 11.6 Å². The lowest BCUT2D eigenvalue weighted by Gasteiger charge is -2.40. The molecule has 0 bridgehead atoms. The van der Waals surface area contributed by atoms with Gasteiger partial charge in [-0.05, 0) is 54.9 Å². The Bertz CT molecular complexity index is 1150. The number of rotatable bonds is 7. The molecule has 34 heavy (non-hydrogen) atoms. The Morgan fingerprint density at radius 3 is 2.50 bits per heavy atom. The minimum absolute atomic E-state index is 0.00559. The van der Waals surface area contributed by atoms with Crippen molar-refractivity contribution in [2.45, 2.75) is 25.5 Å². The Kier molecular flexibility index (Phi) is 6.28. The van der Waals surface area contributed by atoms with Crippen LogP contribution in [-0.2, 0) is 0 Å². The van der Waals surface area contributed by atoms with Crippen LogP contribution in [0.25, 0.3) is 0 Å². The number of halogens is 2. The van der Waals surface area contributed by atoms with Crippen LogP contribution in [0.1, 0.15) is 24.9 Å². The second-order valence-electron chi connectivity index (χ2n) is 8.70. The van der Waals surface area contributed by atoms with Crippen LogP contribution in [0.3, 0.4) is 0 Å². The summed E-state index contributed by atoms with van der Waals surface area (Å²) >= 11 is 0. The average Bonchev–Trinajstić information content (AvgIpc) is 2.83. The third kappa shape index (κ3) is 4.40. The molecule has 2 heterocycles. The number of nitrogens with zero attached hydrogens (tertiary/aromatic N) is 2. The highest BCUT2D eigenvalue weighted by Crippen LogP contribution is 2.45. The lowest BCUT2D eigenvalue weighted by atomic mass is 10.0. The molecule has 5 nitrogen and oxygen atoms in total. The van der Waals surface area contributed by atoms with Crippen LogP contribution in [0.4, 0.5) is 20.2 Å². The molecule has 0 radical (unpaired) electrons. The number of anilines is 2. The van der Waals surface area contributed by atoms with Crippen molar-refractivity contribution in [1.82, 2.24) is 4.90 Å². The van der Waals surface area contributed by atoms with Gasteiger partial charge in [-0.25, -0.2) is 8.78 Å². The zero-order chi connectivity index (χ0) is 23.7. The molecule has 0 saturated carbocycles. The third-order valence-corrected chi connectivity index (χ3v) is 6.34. The molecule has 1 atom stereocenters. The lowest BCUT2D eigenvalue weighted by molar-refractivity contribution is 0.0179. The molecule has 0 N–H and O–H groups in total. The van der Waals surface area contributed by atoms with Crippen LogP contribution >= 0.6 is 0 Å². The van der Waals surface area contributed by atoms with E-state index in [0.717, 1.165) is 37.4 Å². The fraction of sp³-hybridized carbons (Fsp3) is 0.333. The summed E-state index contributed by atoms with van der Waals surface area (Å²) in [7, 11) is 1.62. The Morgan fingerprint density at radius 2 is 1.79 bits per heavy atom. The molecule has 1 saturated heterocycles. The first-order valence-corrected chi connectivity index (χ1v) is 11.6. The van der Waals surface area contributed by atoms with Crippen LogP contribution in [0.5, 0.6) is 17.2 Å². The quantitative estimate of drug-likeness (QED) is 0.445. The van der Waals surface area contributed by atoms with Gasteiger partial charge in [0.2, 0.25) is 0 Å². The number of hydrogen-bond acceptors (Lipinski definition) is 5. The van der Waals surface area contributed by atoms with Crippen LogP contribution < -0.4 is 19.1 Å². The van der Waals surface area contributed by atoms with Crippen molar-refractivity contribution in [3.05, 3.63) is 77.9 Å². The molecule has 0 spiro atoms. The van der Waals surface area contributed by atoms with E-state index >= 15 is 4.39 Å². The van der Waals surface area contributed by atoms with Crippen molar-refractivity contribution in [1.29, 1.82) is 0 Å². The summed E-state index contributed by atoms with van der Waals surface area (Å²) in [6.45, 7) is 5.10. The van der Waals surface area contributed by atoms with E-state index in [2.05, 4.69) is 11.8 Å². The van der Waals surface area contributed by atoms with Crippen molar-refractivity contribution >= 4 is 11.4 Å². The summed E-state index contributed by atoms with van der Waals surface area (Å²) in [6, 6.07) is 16.9. The van der Waals surface area contributed by atoms with Crippen molar-refractivity contribution < 1.29 is 23.0 Å². The molecular weight excluding hydrogens is 438 g/mol. The monoisotopic (exact) mass is 466 g/mol. The lowest BCUT2D eigenvalue weighted by Crippen LogP contribution is -2.53. The van der Waals surface area contributed by atoms with Gasteiger partial charge in [-0.15, -0.1) is 0 Å². The maximum Gasteiger partial charge on any atom is 0.167 e. The highest BCUT2D eigenvalue weighted by molar-refractivity contribution is 5.72. The SMILES string of the molecule is CCCN1CC(Oc2ccc(N3c4ccc(F)cc4OC[C@H]3c3ccc(OC)cc3)cc2F)C1. The van der Waals surface area contributed by atoms with Crippen LogP contribution in [-0.4, -0.2) is 44.4 Å². The molecule has 0 aliphatic carbocycles. The van der Waals surface area contributed by atoms with E-state index in [1.807, 2.05) is 35.2 Å². The van der Waals surface area contributed by atoms with E-state index < -0.39 is 5.82 Å². The van der Waals surface area contributed by atoms with Crippen molar-refractivity contribution in [3.63, 3.8) is 0 Å². The molecule has 178 valence electrons. The molecule has 1 fully saturated rings. The fourth-order valence-corrected chi connectivity index (χ4v) is 4.61. The highest BCUT2D eigenvalue weighted by atomic mass is 19.1. The van der Waals surface area contributed by atoms with Gasteiger partial charge in [-0.1, -0.05) is 19.1 Å². The van der Waals surface area contributed by atoms with Crippen molar-refractivity contribution in [2.75, 3.05) is 38.3 Å². The van der Waals surface area contributed by atoms with Crippen LogP contribution in [0.2, 0.25) is 0 Å². The molecule has 2 aliphatic heterocycles. The number of ether oxygens (including phenoxy) is 3. The van der Waals surface area contributed by atoms with Gasteiger partial charge in [0.1, 0.15) is 30.0 Å².